The van der Waals surface area contributed by atoms with E-state index in [1.165, 1.54) is 65.7 Å². The summed E-state index contributed by atoms with van der Waals surface area (Å²) in [6, 6.07) is 72.0. The lowest BCUT2D eigenvalue weighted by molar-refractivity contribution is 0.409. The van der Waals surface area contributed by atoms with E-state index in [1.54, 1.807) is 0 Å². The highest BCUT2D eigenvalue weighted by Crippen LogP contribution is 2.40. The molecule has 2 atom stereocenters. The molecule has 0 spiro atoms. The molecule has 256 valence electrons. The van der Waals surface area contributed by atoms with Gasteiger partial charge in [-0.2, -0.15) is 0 Å². The molecule has 10 rings (SSSR count). The van der Waals surface area contributed by atoms with Gasteiger partial charge in [-0.25, -0.2) is 4.99 Å². The molecule has 1 heterocycles. The first-order valence-corrected chi connectivity index (χ1v) is 18.6. The Morgan fingerprint density at radius 3 is 1.70 bits per heavy atom. The summed E-state index contributed by atoms with van der Waals surface area (Å²) in [6.07, 6.45) is -0.344. The number of benzene rings is 9. The minimum absolute atomic E-state index is 0.146. The standard InChI is InChI=1S/C51H37N3/c1-3-11-34(12-4-1)35-19-24-40(25-20-35)50-52-49(39-15-5-2-6-16-39)53-51(54-50)41-26-22-38(23-27-41)48-46-18-10-8-14-37(46)29-32-47(48)43-30-31-45-42(33-43)28-21-36-13-7-9-17-44(36)45/h1-33,49,51,53H,(H,52,54). The van der Waals surface area contributed by atoms with E-state index in [9.17, 15) is 0 Å². The molecule has 1 aliphatic rings. The Morgan fingerprint density at radius 2 is 0.926 bits per heavy atom. The molecule has 3 heteroatoms. The largest absolute Gasteiger partial charge is 0.350 e. The number of fused-ring (bicyclic) bond motifs is 4. The summed E-state index contributed by atoms with van der Waals surface area (Å²) in [6.45, 7) is 0. The minimum Gasteiger partial charge on any atom is -0.350 e. The van der Waals surface area contributed by atoms with Gasteiger partial charge in [-0.3, -0.25) is 5.32 Å². The van der Waals surface area contributed by atoms with Gasteiger partial charge in [-0.1, -0.05) is 194 Å². The topological polar surface area (TPSA) is 36.4 Å². The van der Waals surface area contributed by atoms with Gasteiger partial charge in [0.2, 0.25) is 0 Å². The van der Waals surface area contributed by atoms with E-state index in [1.807, 2.05) is 0 Å². The number of hydrogen-bond acceptors (Lipinski definition) is 3. The highest BCUT2D eigenvalue weighted by molar-refractivity contribution is 6.10. The SMILES string of the molecule is c1ccc(-c2ccc(C3=NC(c4ccccc4)NC(c4ccc(-c5c(-c6ccc7c(ccc8ccccc87)c6)ccc6ccccc56)cc4)N3)cc2)cc1. The lowest BCUT2D eigenvalue weighted by atomic mass is 9.88. The van der Waals surface area contributed by atoms with Gasteiger partial charge in [0.15, 0.2) is 0 Å². The van der Waals surface area contributed by atoms with E-state index in [2.05, 4.69) is 211 Å². The summed E-state index contributed by atoms with van der Waals surface area (Å²) in [4.78, 5) is 5.18. The molecule has 0 fully saturated rings. The van der Waals surface area contributed by atoms with Gasteiger partial charge in [0.25, 0.3) is 0 Å². The van der Waals surface area contributed by atoms with E-state index in [0.717, 1.165) is 22.5 Å². The van der Waals surface area contributed by atoms with Crippen LogP contribution in [-0.2, 0) is 0 Å². The fourth-order valence-electron chi connectivity index (χ4n) is 7.98. The Morgan fingerprint density at radius 1 is 0.370 bits per heavy atom. The Labute approximate surface area is 315 Å². The third-order valence-electron chi connectivity index (χ3n) is 10.8. The number of nitrogens with one attached hydrogen (secondary N) is 2. The number of aliphatic imine (C=N–C) groups is 1. The van der Waals surface area contributed by atoms with Crippen molar-refractivity contribution >= 4 is 38.2 Å². The van der Waals surface area contributed by atoms with Crippen LogP contribution in [0.15, 0.2) is 205 Å². The summed E-state index contributed by atoms with van der Waals surface area (Å²) >= 11 is 0. The molecule has 0 saturated heterocycles. The molecule has 9 aromatic rings. The lowest BCUT2D eigenvalue weighted by Crippen LogP contribution is -2.44. The van der Waals surface area contributed by atoms with Crippen LogP contribution < -0.4 is 10.6 Å². The van der Waals surface area contributed by atoms with Crippen molar-refractivity contribution in [3.8, 4) is 33.4 Å². The van der Waals surface area contributed by atoms with Crippen molar-refractivity contribution in [2.75, 3.05) is 0 Å². The number of hydrogen-bond donors (Lipinski definition) is 2. The van der Waals surface area contributed by atoms with Crippen molar-refractivity contribution in [1.82, 2.24) is 10.6 Å². The van der Waals surface area contributed by atoms with Gasteiger partial charge in [-0.05, 0) is 82.9 Å². The van der Waals surface area contributed by atoms with E-state index in [-0.39, 0.29) is 12.3 Å². The second-order valence-electron chi connectivity index (χ2n) is 14.0. The van der Waals surface area contributed by atoms with Crippen LogP contribution in [0.1, 0.15) is 29.0 Å². The summed E-state index contributed by atoms with van der Waals surface area (Å²) < 4.78 is 0. The van der Waals surface area contributed by atoms with E-state index in [4.69, 9.17) is 4.99 Å². The average molecular weight is 692 g/mol. The van der Waals surface area contributed by atoms with Crippen LogP contribution in [0.3, 0.4) is 0 Å². The summed E-state index contributed by atoms with van der Waals surface area (Å²) in [5, 5.41) is 15.1. The molecule has 0 aromatic heterocycles. The van der Waals surface area contributed by atoms with Crippen molar-refractivity contribution in [1.29, 1.82) is 0 Å². The third kappa shape index (κ3) is 5.91. The average Bonchev–Trinajstić information content (AvgIpc) is 3.26. The number of amidine groups is 1. The van der Waals surface area contributed by atoms with Crippen LogP contribution in [0.4, 0.5) is 0 Å². The molecular formula is C51H37N3. The third-order valence-corrected chi connectivity index (χ3v) is 10.8. The molecule has 0 aliphatic carbocycles. The fourth-order valence-corrected chi connectivity index (χ4v) is 7.98. The maximum atomic E-state index is 5.18. The van der Waals surface area contributed by atoms with Gasteiger partial charge >= 0.3 is 0 Å². The van der Waals surface area contributed by atoms with Gasteiger partial charge in [0.1, 0.15) is 18.2 Å². The van der Waals surface area contributed by atoms with Gasteiger partial charge in [-0.15, -0.1) is 0 Å². The van der Waals surface area contributed by atoms with Crippen LogP contribution >= 0.6 is 0 Å². The first-order chi connectivity index (χ1) is 26.7. The minimum atomic E-state index is -0.199. The van der Waals surface area contributed by atoms with E-state index in [0.29, 0.717) is 0 Å². The Bertz CT molecular complexity index is 2810. The maximum Gasteiger partial charge on any atom is 0.131 e. The molecule has 54 heavy (non-hydrogen) atoms. The highest BCUT2D eigenvalue weighted by Gasteiger charge is 2.25. The van der Waals surface area contributed by atoms with Crippen molar-refractivity contribution in [2.24, 2.45) is 4.99 Å². The molecule has 0 radical (unpaired) electrons. The summed E-state index contributed by atoms with van der Waals surface area (Å²) in [5.74, 6) is 0.872. The van der Waals surface area contributed by atoms with Crippen LogP contribution in [0.25, 0.3) is 65.7 Å². The Kier molecular flexibility index (Phi) is 8.05. The van der Waals surface area contributed by atoms with Crippen molar-refractivity contribution in [3.05, 3.63) is 217 Å². The quantitative estimate of drug-likeness (QED) is 0.170. The second kappa shape index (κ2) is 13.6. The molecule has 3 nitrogen and oxygen atoms in total. The molecule has 0 amide bonds. The van der Waals surface area contributed by atoms with Gasteiger partial charge in [0, 0.05) is 5.56 Å². The van der Waals surface area contributed by atoms with Crippen LogP contribution in [0, 0.1) is 0 Å². The lowest BCUT2D eigenvalue weighted by Gasteiger charge is -2.32. The molecule has 0 saturated carbocycles. The molecule has 2 N–H and O–H groups in total. The Hall–Kier alpha value is -6.81. The normalized spacial score (nSPS) is 15.6. The zero-order valence-electron chi connectivity index (χ0n) is 29.7. The van der Waals surface area contributed by atoms with Gasteiger partial charge in [0.05, 0.1) is 0 Å². The molecule has 9 aromatic carbocycles. The second-order valence-corrected chi connectivity index (χ2v) is 14.0. The van der Waals surface area contributed by atoms with Gasteiger partial charge < -0.3 is 5.32 Å². The first kappa shape index (κ1) is 31.9. The van der Waals surface area contributed by atoms with E-state index < -0.39 is 0 Å². The smallest absolute Gasteiger partial charge is 0.131 e. The van der Waals surface area contributed by atoms with Crippen molar-refractivity contribution in [3.63, 3.8) is 0 Å². The predicted octanol–water partition coefficient (Wildman–Crippen LogP) is 12.5. The molecule has 1 aliphatic heterocycles. The van der Waals surface area contributed by atoms with Crippen LogP contribution in [0.5, 0.6) is 0 Å². The summed E-state index contributed by atoms with van der Waals surface area (Å²) in [7, 11) is 0. The molecule has 2 unspecified atom stereocenters. The van der Waals surface area contributed by atoms with E-state index >= 15 is 0 Å². The van der Waals surface area contributed by atoms with Crippen LogP contribution in [-0.4, -0.2) is 5.84 Å². The van der Waals surface area contributed by atoms with Crippen molar-refractivity contribution < 1.29 is 0 Å². The zero-order valence-corrected chi connectivity index (χ0v) is 29.7. The highest BCUT2D eigenvalue weighted by atomic mass is 15.3. The first-order valence-electron chi connectivity index (χ1n) is 18.6. The van der Waals surface area contributed by atoms with Crippen LogP contribution in [0.2, 0.25) is 0 Å². The Balaban J connectivity index is 1.02. The maximum absolute atomic E-state index is 5.18. The molecule has 0 bridgehead atoms. The number of nitrogens with zero attached hydrogens (tertiary/aromatic N) is 1. The predicted molar refractivity (Wildman–Crippen MR) is 226 cm³/mol. The van der Waals surface area contributed by atoms with Crippen molar-refractivity contribution in [2.45, 2.75) is 12.3 Å². The summed E-state index contributed by atoms with van der Waals surface area (Å²) in [5.41, 5.74) is 10.6. The number of rotatable bonds is 6. The zero-order chi connectivity index (χ0) is 35.8. The fraction of sp³-hybridized carbons (Fsp3) is 0.0392. The molecular weight excluding hydrogens is 655 g/mol. The monoisotopic (exact) mass is 691 g/mol.